The van der Waals surface area contributed by atoms with Gasteiger partial charge in [0.25, 0.3) is 0 Å². The number of hydrogen-bond donors (Lipinski definition) is 0. The third kappa shape index (κ3) is 2.99. The van der Waals surface area contributed by atoms with Gasteiger partial charge in [-0.25, -0.2) is 0 Å². The van der Waals surface area contributed by atoms with Gasteiger partial charge >= 0.3 is 0 Å². The van der Waals surface area contributed by atoms with Gasteiger partial charge in [-0.1, -0.05) is 49.4 Å². The Morgan fingerprint density at radius 3 is 2.62 bits per heavy atom. The predicted molar refractivity (Wildman–Crippen MR) is 110 cm³/mol. The molecular weight excluding hydrogens is 342 g/mol. The molecule has 2 aromatic carbocycles. The van der Waals surface area contributed by atoms with Crippen molar-refractivity contribution in [1.82, 2.24) is 4.57 Å². The Labute approximate surface area is 154 Å². The smallest absolute Gasteiger partial charge is 0.162 e. The molecule has 1 atom stereocenters. The van der Waals surface area contributed by atoms with Gasteiger partial charge in [-0.3, -0.25) is 9.00 Å². The highest BCUT2D eigenvalue weighted by atomic mass is 32.2. The van der Waals surface area contributed by atoms with Crippen LogP contribution in [0, 0.1) is 0 Å². The number of aromatic nitrogens is 1. The molecule has 1 aliphatic heterocycles. The fourth-order valence-electron chi connectivity index (χ4n) is 3.86. The van der Waals surface area contributed by atoms with Crippen LogP contribution in [0.25, 0.3) is 10.9 Å². The molecule has 0 saturated heterocycles. The maximum Gasteiger partial charge on any atom is 0.162 e. The average molecular weight is 365 g/mol. The summed E-state index contributed by atoms with van der Waals surface area (Å²) in [4.78, 5) is 11.8. The molecule has 26 heavy (non-hydrogen) atoms. The lowest BCUT2D eigenvalue weighted by atomic mass is 10.1. The summed E-state index contributed by atoms with van der Waals surface area (Å²) in [5.74, 6) is 5.34. The summed E-state index contributed by atoms with van der Waals surface area (Å²) >= 11 is 0. The maximum absolute atomic E-state index is 12.6. The second-order valence-corrected chi connectivity index (χ2v) is 9.70. The number of nitrogens with zero attached hydrogens (tertiary/aromatic N) is 1. The van der Waals surface area contributed by atoms with Gasteiger partial charge in [-0.15, -0.1) is 0 Å². The largest absolute Gasteiger partial charge is 0.340 e. The number of hydrogen-bond acceptors (Lipinski definition) is 2. The first-order valence-electron chi connectivity index (χ1n) is 9.02. The van der Waals surface area contributed by atoms with E-state index in [1.807, 2.05) is 37.3 Å². The van der Waals surface area contributed by atoms with Crippen molar-refractivity contribution in [3.05, 3.63) is 70.9 Å². The van der Waals surface area contributed by atoms with Crippen molar-refractivity contribution in [3.8, 4) is 0 Å². The van der Waals surface area contributed by atoms with Gasteiger partial charge in [0.2, 0.25) is 0 Å². The van der Waals surface area contributed by atoms with Crippen molar-refractivity contribution in [2.45, 2.75) is 32.1 Å². The number of fused-ring (bicyclic) bond motifs is 3. The van der Waals surface area contributed by atoms with Gasteiger partial charge in [0.15, 0.2) is 5.78 Å². The summed E-state index contributed by atoms with van der Waals surface area (Å²) in [6, 6.07) is 16.3. The fourth-order valence-corrected chi connectivity index (χ4v) is 5.41. The van der Waals surface area contributed by atoms with Crippen molar-refractivity contribution in [2.75, 3.05) is 5.75 Å². The molecule has 0 aliphatic carbocycles. The summed E-state index contributed by atoms with van der Waals surface area (Å²) in [5, 5.41) is 1.19. The van der Waals surface area contributed by atoms with Crippen LogP contribution in [0.5, 0.6) is 0 Å². The Hall–Kier alpha value is -2.33. The Bertz CT molecular complexity index is 1090. The topological polar surface area (TPSA) is 39.1 Å². The second-order valence-electron chi connectivity index (χ2n) is 7.07. The molecule has 0 spiro atoms. The number of carbonyl (C=O) groups is 1. The van der Waals surface area contributed by atoms with E-state index in [-0.39, 0.29) is 5.78 Å². The molecule has 134 valence electrons. The minimum absolute atomic E-state index is 0.172. The summed E-state index contributed by atoms with van der Waals surface area (Å²) < 4.78 is 14.9. The average Bonchev–Trinajstić information content (AvgIpc) is 2.94. The first kappa shape index (κ1) is 17.1. The Morgan fingerprint density at radius 2 is 1.88 bits per heavy atom. The maximum atomic E-state index is 12.6. The SMILES string of the molecule is C=S1(=O)CCc2c(c3ccccc3n2Cc2ccc(C(=O)CC)cc2)C1. The van der Waals surface area contributed by atoms with Gasteiger partial charge in [-0.05, 0) is 39.0 Å². The second kappa shape index (κ2) is 6.44. The molecule has 3 aromatic rings. The minimum Gasteiger partial charge on any atom is -0.340 e. The highest BCUT2D eigenvalue weighted by Crippen LogP contribution is 2.32. The van der Waals surface area contributed by atoms with Crippen LogP contribution in [0.15, 0.2) is 48.5 Å². The molecule has 1 aromatic heterocycles. The van der Waals surface area contributed by atoms with Crippen LogP contribution in [0.2, 0.25) is 0 Å². The van der Waals surface area contributed by atoms with Crippen molar-refractivity contribution in [1.29, 1.82) is 0 Å². The zero-order valence-electron chi connectivity index (χ0n) is 15.0. The van der Waals surface area contributed by atoms with Crippen LogP contribution in [-0.2, 0) is 28.2 Å². The number of ketones is 1. The van der Waals surface area contributed by atoms with E-state index < -0.39 is 9.52 Å². The van der Waals surface area contributed by atoms with Crippen LogP contribution in [0.4, 0.5) is 0 Å². The van der Waals surface area contributed by atoms with Gasteiger partial charge < -0.3 is 4.57 Å². The van der Waals surface area contributed by atoms with Gasteiger partial charge in [0.05, 0.1) is 0 Å². The first-order valence-corrected chi connectivity index (χ1v) is 11.1. The molecule has 1 aliphatic rings. The standard InChI is InChI=1S/C22H23NO2S/c1-3-22(24)17-10-8-16(9-11-17)14-23-20-7-5-4-6-18(20)19-15-26(2,25)13-12-21(19)23/h4-11H,2-3,12-15H2,1H3. The Balaban J connectivity index is 1.77. The molecule has 4 rings (SSSR count). The summed E-state index contributed by atoms with van der Waals surface area (Å²) in [7, 11) is -2.02. The highest BCUT2D eigenvalue weighted by molar-refractivity contribution is 7.99. The Morgan fingerprint density at radius 1 is 1.15 bits per heavy atom. The molecule has 2 heterocycles. The molecule has 0 amide bonds. The molecule has 0 N–H and O–H groups in total. The van der Waals surface area contributed by atoms with Crippen molar-refractivity contribution < 1.29 is 9.00 Å². The third-order valence-electron chi connectivity index (χ3n) is 5.25. The van der Waals surface area contributed by atoms with Crippen LogP contribution < -0.4 is 0 Å². The molecule has 3 nitrogen and oxygen atoms in total. The molecule has 0 bridgehead atoms. The lowest BCUT2D eigenvalue weighted by Gasteiger charge is -2.19. The van der Waals surface area contributed by atoms with Crippen LogP contribution in [-0.4, -0.2) is 26.2 Å². The van der Waals surface area contributed by atoms with Crippen molar-refractivity contribution in [3.63, 3.8) is 0 Å². The first-order chi connectivity index (χ1) is 12.5. The van der Waals surface area contributed by atoms with Crippen LogP contribution in [0.1, 0.15) is 40.5 Å². The molecule has 0 radical (unpaired) electrons. The van der Waals surface area contributed by atoms with E-state index in [2.05, 4.69) is 28.6 Å². The predicted octanol–water partition coefficient (Wildman–Crippen LogP) is 4.05. The number of carbonyl (C=O) groups excluding carboxylic acids is 1. The summed E-state index contributed by atoms with van der Waals surface area (Å²) in [6.45, 7) is 2.64. The van der Waals surface area contributed by atoms with E-state index in [1.165, 1.54) is 27.7 Å². The normalized spacial score (nSPS) is 19.4. The van der Waals surface area contributed by atoms with Gasteiger partial charge in [-0.2, -0.15) is 0 Å². The van der Waals surface area contributed by atoms with Gasteiger partial charge in [0.1, 0.15) is 0 Å². The fraction of sp³-hybridized carbons (Fsp3) is 0.273. The number of Topliss-reactive ketones (excluding diaryl/α,β-unsaturated/α-hetero) is 1. The molecule has 0 saturated carbocycles. The Kier molecular flexibility index (Phi) is 4.23. The molecule has 1 unspecified atom stereocenters. The lowest BCUT2D eigenvalue weighted by Crippen LogP contribution is -2.20. The monoisotopic (exact) mass is 365 g/mol. The number of benzene rings is 2. The number of para-hydroxylation sites is 1. The molecular formula is C22H23NO2S. The van der Waals surface area contributed by atoms with Crippen molar-refractivity contribution >= 4 is 32.1 Å². The van der Waals surface area contributed by atoms with Crippen LogP contribution >= 0.6 is 0 Å². The van der Waals surface area contributed by atoms with Crippen LogP contribution in [0.3, 0.4) is 0 Å². The number of rotatable bonds is 4. The van der Waals surface area contributed by atoms with E-state index in [4.69, 9.17) is 0 Å². The molecule has 4 heteroatoms. The lowest BCUT2D eigenvalue weighted by molar-refractivity contribution is 0.0988. The van der Waals surface area contributed by atoms with E-state index in [0.29, 0.717) is 17.9 Å². The quantitative estimate of drug-likeness (QED) is 0.517. The summed E-state index contributed by atoms with van der Waals surface area (Å²) in [6.07, 6.45) is 1.33. The van der Waals surface area contributed by atoms with Gasteiger partial charge in [0, 0.05) is 46.6 Å². The van der Waals surface area contributed by atoms with E-state index >= 15 is 0 Å². The zero-order valence-corrected chi connectivity index (χ0v) is 15.8. The highest BCUT2D eigenvalue weighted by Gasteiger charge is 2.24. The molecule has 0 fully saturated rings. The van der Waals surface area contributed by atoms with E-state index in [0.717, 1.165) is 18.5 Å². The zero-order chi connectivity index (χ0) is 18.3. The van der Waals surface area contributed by atoms with E-state index in [1.54, 1.807) is 0 Å². The van der Waals surface area contributed by atoms with Crippen molar-refractivity contribution in [2.24, 2.45) is 0 Å². The van der Waals surface area contributed by atoms with E-state index in [9.17, 15) is 9.00 Å². The summed E-state index contributed by atoms with van der Waals surface area (Å²) in [5.41, 5.74) is 5.60. The third-order valence-corrected chi connectivity index (χ3v) is 7.01. The minimum atomic E-state index is -2.02.